The van der Waals surface area contributed by atoms with Crippen LogP contribution in [-0.4, -0.2) is 59.7 Å². The molecule has 6 nitrogen and oxygen atoms in total. The highest BCUT2D eigenvalue weighted by Gasteiger charge is 2.32. The molecule has 0 aliphatic carbocycles. The number of carbonyl (C=O) groups is 3. The first-order valence-electron chi connectivity index (χ1n) is 8.17. The van der Waals surface area contributed by atoms with Crippen molar-refractivity contribution in [1.82, 2.24) is 15.1 Å². The molecule has 2 aliphatic rings. The summed E-state index contributed by atoms with van der Waals surface area (Å²) in [5.41, 5.74) is 0.599. The molecule has 0 bridgehead atoms. The third-order valence-electron chi connectivity index (χ3n) is 4.48. The number of nitrogens with one attached hydrogen (secondary N) is 1. The standard InChI is InChI=1S/C17H20ClN3O3/c18-13-4-2-12(3-5-13)16(23)20-8-1-9-21(11-10-20)17(24)14-6-7-15(22)19-14/h2-5,14H,1,6-11H2,(H,19,22). The molecule has 3 rings (SSSR count). The lowest BCUT2D eigenvalue weighted by atomic mass is 10.2. The molecule has 0 radical (unpaired) electrons. The van der Waals surface area contributed by atoms with Gasteiger partial charge in [0.15, 0.2) is 0 Å². The van der Waals surface area contributed by atoms with E-state index >= 15 is 0 Å². The molecular weight excluding hydrogens is 330 g/mol. The fraction of sp³-hybridized carbons (Fsp3) is 0.471. The highest BCUT2D eigenvalue weighted by molar-refractivity contribution is 6.30. The van der Waals surface area contributed by atoms with Crippen LogP contribution in [0.1, 0.15) is 29.6 Å². The van der Waals surface area contributed by atoms with E-state index in [0.29, 0.717) is 49.6 Å². The van der Waals surface area contributed by atoms with Crippen LogP contribution in [-0.2, 0) is 9.59 Å². The molecule has 2 heterocycles. The molecule has 1 aromatic rings. The Bertz CT molecular complexity index is 647. The van der Waals surface area contributed by atoms with E-state index < -0.39 is 6.04 Å². The van der Waals surface area contributed by atoms with Crippen molar-refractivity contribution in [1.29, 1.82) is 0 Å². The van der Waals surface area contributed by atoms with Crippen molar-refractivity contribution in [3.8, 4) is 0 Å². The van der Waals surface area contributed by atoms with Gasteiger partial charge in [-0.1, -0.05) is 11.6 Å². The number of nitrogens with zero attached hydrogens (tertiary/aromatic N) is 2. The van der Waals surface area contributed by atoms with E-state index in [1.807, 2.05) is 0 Å². The SMILES string of the molecule is O=C1CCC(C(=O)N2CCCN(C(=O)c3ccc(Cl)cc3)CC2)N1. The van der Waals surface area contributed by atoms with Crippen molar-refractivity contribution in [2.75, 3.05) is 26.2 Å². The highest BCUT2D eigenvalue weighted by Crippen LogP contribution is 2.15. The molecule has 2 aliphatic heterocycles. The quantitative estimate of drug-likeness (QED) is 0.874. The molecular formula is C17H20ClN3O3. The van der Waals surface area contributed by atoms with Crippen LogP contribution in [0.4, 0.5) is 0 Å². The molecule has 7 heteroatoms. The molecule has 0 aromatic heterocycles. The number of halogens is 1. The average molecular weight is 350 g/mol. The van der Waals surface area contributed by atoms with Gasteiger partial charge >= 0.3 is 0 Å². The second-order valence-corrected chi connectivity index (χ2v) is 6.57. The second-order valence-electron chi connectivity index (χ2n) is 6.14. The molecule has 1 unspecified atom stereocenters. The molecule has 3 amide bonds. The summed E-state index contributed by atoms with van der Waals surface area (Å²) in [6, 6.07) is 6.42. The van der Waals surface area contributed by atoms with E-state index in [-0.39, 0.29) is 17.7 Å². The van der Waals surface area contributed by atoms with Gasteiger partial charge in [0.2, 0.25) is 11.8 Å². The van der Waals surface area contributed by atoms with E-state index in [1.165, 1.54) is 0 Å². The predicted molar refractivity (Wildman–Crippen MR) is 89.7 cm³/mol. The van der Waals surface area contributed by atoms with Crippen LogP contribution in [0, 0.1) is 0 Å². The number of amides is 3. The van der Waals surface area contributed by atoms with E-state index in [1.54, 1.807) is 34.1 Å². The van der Waals surface area contributed by atoms with Crippen LogP contribution in [0.5, 0.6) is 0 Å². The molecule has 24 heavy (non-hydrogen) atoms. The molecule has 0 saturated carbocycles. The Morgan fingerprint density at radius 1 is 1.04 bits per heavy atom. The van der Waals surface area contributed by atoms with E-state index in [2.05, 4.69) is 5.32 Å². The summed E-state index contributed by atoms with van der Waals surface area (Å²) in [5.74, 6) is -0.153. The van der Waals surface area contributed by atoms with Crippen molar-refractivity contribution in [3.63, 3.8) is 0 Å². The van der Waals surface area contributed by atoms with Gasteiger partial charge in [-0.3, -0.25) is 14.4 Å². The highest BCUT2D eigenvalue weighted by atomic mass is 35.5. The van der Waals surface area contributed by atoms with Gasteiger partial charge in [-0.25, -0.2) is 0 Å². The van der Waals surface area contributed by atoms with Crippen LogP contribution in [0.15, 0.2) is 24.3 Å². The number of benzene rings is 1. The molecule has 2 saturated heterocycles. The maximum Gasteiger partial charge on any atom is 0.253 e. The largest absolute Gasteiger partial charge is 0.344 e. The zero-order chi connectivity index (χ0) is 17.1. The summed E-state index contributed by atoms with van der Waals surface area (Å²) >= 11 is 5.86. The Morgan fingerprint density at radius 2 is 1.71 bits per heavy atom. The summed E-state index contributed by atoms with van der Waals surface area (Å²) in [6.07, 6.45) is 1.69. The van der Waals surface area contributed by atoms with Gasteiger partial charge in [0, 0.05) is 43.2 Å². The van der Waals surface area contributed by atoms with Gasteiger partial charge in [-0.15, -0.1) is 0 Å². The number of hydrogen-bond acceptors (Lipinski definition) is 3. The number of rotatable bonds is 2. The zero-order valence-electron chi connectivity index (χ0n) is 13.3. The third kappa shape index (κ3) is 3.70. The fourth-order valence-corrected chi connectivity index (χ4v) is 3.26. The lowest BCUT2D eigenvalue weighted by molar-refractivity contribution is -0.134. The normalized spacial score (nSPS) is 21.4. The van der Waals surface area contributed by atoms with Crippen molar-refractivity contribution in [2.45, 2.75) is 25.3 Å². The van der Waals surface area contributed by atoms with Gasteiger partial charge in [-0.05, 0) is 37.1 Å². The summed E-state index contributed by atoms with van der Waals surface area (Å²) in [7, 11) is 0. The van der Waals surface area contributed by atoms with E-state index in [0.717, 1.165) is 6.42 Å². The number of carbonyl (C=O) groups excluding carboxylic acids is 3. The van der Waals surface area contributed by atoms with Crippen LogP contribution in [0.3, 0.4) is 0 Å². The maximum atomic E-state index is 12.6. The topological polar surface area (TPSA) is 69.7 Å². The molecule has 128 valence electrons. The van der Waals surface area contributed by atoms with Gasteiger partial charge in [0.25, 0.3) is 5.91 Å². The molecule has 1 N–H and O–H groups in total. The zero-order valence-corrected chi connectivity index (χ0v) is 14.1. The third-order valence-corrected chi connectivity index (χ3v) is 4.73. The predicted octanol–water partition coefficient (Wildman–Crippen LogP) is 1.29. The van der Waals surface area contributed by atoms with Crippen LogP contribution in [0.25, 0.3) is 0 Å². The van der Waals surface area contributed by atoms with Gasteiger partial charge < -0.3 is 15.1 Å². The summed E-state index contributed by atoms with van der Waals surface area (Å²) in [4.78, 5) is 39.8. The summed E-state index contributed by atoms with van der Waals surface area (Å²) in [6.45, 7) is 2.20. The van der Waals surface area contributed by atoms with Crippen LogP contribution >= 0.6 is 11.6 Å². The average Bonchev–Trinajstić information content (AvgIpc) is 2.87. The van der Waals surface area contributed by atoms with Crippen molar-refractivity contribution < 1.29 is 14.4 Å². The van der Waals surface area contributed by atoms with Crippen molar-refractivity contribution >= 4 is 29.3 Å². The van der Waals surface area contributed by atoms with Crippen LogP contribution in [0.2, 0.25) is 5.02 Å². The van der Waals surface area contributed by atoms with E-state index in [9.17, 15) is 14.4 Å². The Kier molecular flexibility index (Phi) is 5.04. The first-order valence-corrected chi connectivity index (χ1v) is 8.55. The van der Waals surface area contributed by atoms with Crippen LogP contribution < -0.4 is 5.32 Å². The monoisotopic (exact) mass is 349 g/mol. The van der Waals surface area contributed by atoms with Gasteiger partial charge in [-0.2, -0.15) is 0 Å². The molecule has 1 atom stereocenters. The minimum Gasteiger partial charge on any atom is -0.344 e. The lowest BCUT2D eigenvalue weighted by Gasteiger charge is -2.24. The smallest absolute Gasteiger partial charge is 0.253 e. The first kappa shape index (κ1) is 16.8. The number of hydrogen-bond donors (Lipinski definition) is 1. The fourth-order valence-electron chi connectivity index (χ4n) is 3.14. The van der Waals surface area contributed by atoms with Crippen molar-refractivity contribution in [3.05, 3.63) is 34.9 Å². The van der Waals surface area contributed by atoms with Crippen molar-refractivity contribution in [2.24, 2.45) is 0 Å². The summed E-state index contributed by atoms with van der Waals surface area (Å²) in [5, 5.41) is 3.31. The Morgan fingerprint density at radius 3 is 2.38 bits per heavy atom. The minimum atomic E-state index is -0.406. The maximum absolute atomic E-state index is 12.6. The molecule has 2 fully saturated rings. The van der Waals surface area contributed by atoms with Gasteiger partial charge in [0.1, 0.15) is 6.04 Å². The summed E-state index contributed by atoms with van der Waals surface area (Å²) < 4.78 is 0. The Hall–Kier alpha value is -2.08. The molecule has 0 spiro atoms. The Labute approximate surface area is 145 Å². The Balaban J connectivity index is 1.60. The lowest BCUT2D eigenvalue weighted by Crippen LogP contribution is -2.46. The molecule has 1 aromatic carbocycles. The van der Waals surface area contributed by atoms with Gasteiger partial charge in [0.05, 0.1) is 0 Å². The second kappa shape index (κ2) is 7.21. The first-order chi connectivity index (χ1) is 11.5. The minimum absolute atomic E-state index is 0.0401. The van der Waals surface area contributed by atoms with E-state index in [4.69, 9.17) is 11.6 Å².